The number of nitrogens with one attached hydrogen (secondary N) is 1. The van der Waals surface area contributed by atoms with Crippen molar-refractivity contribution in [3.8, 4) is 5.75 Å². The molecule has 0 fully saturated rings. The van der Waals surface area contributed by atoms with Gasteiger partial charge in [0, 0.05) is 10.7 Å². The minimum Gasteiger partial charge on any atom is -0.494 e. The number of hydrogen-bond acceptors (Lipinski definition) is 3. The molecule has 1 N–H and O–H groups in total. The van der Waals surface area contributed by atoms with Gasteiger partial charge in [-0.05, 0) is 48.6 Å². The molecular formula is C17H18ClNO2S. The van der Waals surface area contributed by atoms with E-state index in [-0.39, 0.29) is 5.91 Å². The van der Waals surface area contributed by atoms with Crippen LogP contribution < -0.4 is 10.1 Å². The van der Waals surface area contributed by atoms with E-state index in [1.165, 1.54) is 0 Å². The van der Waals surface area contributed by atoms with Crippen LogP contribution in [0.15, 0.2) is 54.6 Å². The molecule has 0 aromatic heterocycles. The molecule has 22 heavy (non-hydrogen) atoms. The van der Waals surface area contributed by atoms with Gasteiger partial charge in [-0.2, -0.15) is 11.8 Å². The van der Waals surface area contributed by atoms with Crippen molar-refractivity contribution in [1.29, 1.82) is 0 Å². The Morgan fingerprint density at radius 3 is 2.55 bits per heavy atom. The molecule has 116 valence electrons. The van der Waals surface area contributed by atoms with Crippen LogP contribution in [-0.2, 0) is 4.79 Å². The summed E-state index contributed by atoms with van der Waals surface area (Å²) in [5, 5.41) is 3.56. The third-order valence-electron chi connectivity index (χ3n) is 2.81. The molecule has 0 bridgehead atoms. The van der Waals surface area contributed by atoms with E-state index in [4.69, 9.17) is 16.3 Å². The lowest BCUT2D eigenvalue weighted by molar-refractivity contribution is -0.113. The quantitative estimate of drug-likeness (QED) is 0.723. The van der Waals surface area contributed by atoms with Gasteiger partial charge in [0.05, 0.1) is 12.4 Å². The number of carbonyl (C=O) groups is 1. The average molecular weight is 336 g/mol. The molecule has 2 aromatic carbocycles. The third kappa shape index (κ3) is 6.41. The number of para-hydroxylation sites is 1. The summed E-state index contributed by atoms with van der Waals surface area (Å²) in [6.07, 6.45) is 0.895. The van der Waals surface area contributed by atoms with Crippen molar-refractivity contribution in [1.82, 2.24) is 0 Å². The molecule has 3 nitrogen and oxygen atoms in total. The summed E-state index contributed by atoms with van der Waals surface area (Å²) in [7, 11) is 0. The Kier molecular flexibility index (Phi) is 7.13. The number of benzene rings is 2. The number of rotatable bonds is 8. The van der Waals surface area contributed by atoms with Gasteiger partial charge < -0.3 is 10.1 Å². The standard InChI is InChI=1S/C17H18ClNO2S/c18-14-7-9-16(10-8-14)21-11-4-12-22-13-17(20)19-15-5-2-1-3-6-15/h1-3,5-10H,4,11-13H2,(H,19,20). The lowest BCUT2D eigenvalue weighted by Gasteiger charge is -2.07. The van der Waals surface area contributed by atoms with Crippen molar-refractivity contribution in [2.24, 2.45) is 0 Å². The summed E-state index contributed by atoms with van der Waals surface area (Å²) < 4.78 is 5.59. The van der Waals surface area contributed by atoms with Crippen LogP contribution in [0, 0.1) is 0 Å². The summed E-state index contributed by atoms with van der Waals surface area (Å²) in [6, 6.07) is 16.8. The van der Waals surface area contributed by atoms with Crippen molar-refractivity contribution in [3.05, 3.63) is 59.6 Å². The molecule has 0 saturated carbocycles. The first-order chi connectivity index (χ1) is 10.7. The second-order valence-electron chi connectivity index (χ2n) is 4.62. The molecule has 0 spiro atoms. The first-order valence-electron chi connectivity index (χ1n) is 7.05. The SMILES string of the molecule is O=C(CSCCCOc1ccc(Cl)cc1)Nc1ccccc1. The minimum atomic E-state index is 0.0230. The number of amides is 1. The Balaban J connectivity index is 1.54. The Morgan fingerprint density at radius 2 is 1.82 bits per heavy atom. The van der Waals surface area contributed by atoms with E-state index in [0.717, 1.165) is 23.6 Å². The highest BCUT2D eigenvalue weighted by Crippen LogP contribution is 2.16. The van der Waals surface area contributed by atoms with Gasteiger partial charge in [0.15, 0.2) is 0 Å². The first kappa shape index (κ1) is 16.7. The van der Waals surface area contributed by atoms with Crippen LogP contribution in [-0.4, -0.2) is 24.0 Å². The van der Waals surface area contributed by atoms with Crippen molar-refractivity contribution in [2.75, 3.05) is 23.4 Å². The maximum atomic E-state index is 11.7. The van der Waals surface area contributed by atoms with Gasteiger partial charge in [0.1, 0.15) is 5.75 Å². The van der Waals surface area contributed by atoms with Crippen LogP contribution in [0.4, 0.5) is 5.69 Å². The molecule has 0 saturated heterocycles. The topological polar surface area (TPSA) is 38.3 Å². The molecule has 0 aliphatic heterocycles. The number of hydrogen-bond donors (Lipinski definition) is 1. The second-order valence-corrected chi connectivity index (χ2v) is 6.16. The third-order valence-corrected chi connectivity index (χ3v) is 4.10. The number of carbonyl (C=O) groups excluding carboxylic acids is 1. The number of anilines is 1. The molecule has 0 aliphatic rings. The van der Waals surface area contributed by atoms with Gasteiger partial charge in [0.2, 0.25) is 5.91 Å². The van der Waals surface area contributed by atoms with Crippen LogP contribution in [0.3, 0.4) is 0 Å². The van der Waals surface area contributed by atoms with E-state index < -0.39 is 0 Å². The van der Waals surface area contributed by atoms with Crippen molar-refractivity contribution >= 4 is 35.0 Å². The predicted octanol–water partition coefficient (Wildman–Crippen LogP) is 4.48. The molecule has 2 aromatic rings. The van der Waals surface area contributed by atoms with Gasteiger partial charge in [-0.3, -0.25) is 4.79 Å². The van der Waals surface area contributed by atoms with Crippen LogP contribution in [0.5, 0.6) is 5.75 Å². The maximum Gasteiger partial charge on any atom is 0.234 e. The highest BCUT2D eigenvalue weighted by Gasteiger charge is 2.02. The van der Waals surface area contributed by atoms with Crippen molar-refractivity contribution in [3.63, 3.8) is 0 Å². The van der Waals surface area contributed by atoms with E-state index >= 15 is 0 Å². The van der Waals surface area contributed by atoms with Crippen LogP contribution in [0.1, 0.15) is 6.42 Å². The molecule has 5 heteroatoms. The van der Waals surface area contributed by atoms with Gasteiger partial charge in [-0.15, -0.1) is 0 Å². The van der Waals surface area contributed by atoms with Crippen LogP contribution in [0.25, 0.3) is 0 Å². The Hall–Kier alpha value is -1.65. The molecule has 0 aliphatic carbocycles. The van der Waals surface area contributed by atoms with Gasteiger partial charge in [-0.1, -0.05) is 29.8 Å². The zero-order valence-electron chi connectivity index (χ0n) is 12.1. The molecular weight excluding hydrogens is 318 g/mol. The second kappa shape index (κ2) is 9.38. The summed E-state index contributed by atoms with van der Waals surface area (Å²) in [6.45, 7) is 0.634. The zero-order chi connectivity index (χ0) is 15.6. The molecule has 0 radical (unpaired) electrons. The van der Waals surface area contributed by atoms with E-state index in [1.54, 1.807) is 23.9 Å². The maximum absolute atomic E-state index is 11.7. The lowest BCUT2D eigenvalue weighted by Crippen LogP contribution is -2.14. The summed E-state index contributed by atoms with van der Waals surface area (Å²) in [5.74, 6) is 2.18. The summed E-state index contributed by atoms with van der Waals surface area (Å²) >= 11 is 7.41. The van der Waals surface area contributed by atoms with E-state index in [0.29, 0.717) is 17.4 Å². The average Bonchev–Trinajstić information content (AvgIpc) is 2.53. The number of ether oxygens (including phenoxy) is 1. The molecule has 0 atom stereocenters. The highest BCUT2D eigenvalue weighted by molar-refractivity contribution is 7.99. The van der Waals surface area contributed by atoms with Gasteiger partial charge >= 0.3 is 0 Å². The minimum absolute atomic E-state index is 0.0230. The van der Waals surface area contributed by atoms with Crippen LogP contribution in [0.2, 0.25) is 5.02 Å². The smallest absolute Gasteiger partial charge is 0.234 e. The highest BCUT2D eigenvalue weighted by atomic mass is 35.5. The fraction of sp³-hybridized carbons (Fsp3) is 0.235. The first-order valence-corrected chi connectivity index (χ1v) is 8.58. The molecule has 2 rings (SSSR count). The Morgan fingerprint density at radius 1 is 1.09 bits per heavy atom. The summed E-state index contributed by atoms with van der Waals surface area (Å²) in [4.78, 5) is 11.7. The van der Waals surface area contributed by atoms with E-state index in [1.807, 2.05) is 42.5 Å². The Bertz CT molecular complexity index is 575. The normalized spacial score (nSPS) is 10.2. The van der Waals surface area contributed by atoms with E-state index in [2.05, 4.69) is 5.32 Å². The monoisotopic (exact) mass is 335 g/mol. The Labute approximate surface area is 140 Å². The van der Waals surface area contributed by atoms with Gasteiger partial charge in [0.25, 0.3) is 0 Å². The number of thioether (sulfide) groups is 1. The largest absolute Gasteiger partial charge is 0.494 e. The fourth-order valence-corrected chi connectivity index (χ4v) is 2.62. The van der Waals surface area contributed by atoms with Gasteiger partial charge in [-0.25, -0.2) is 0 Å². The fourth-order valence-electron chi connectivity index (χ4n) is 1.77. The molecule has 0 heterocycles. The zero-order valence-corrected chi connectivity index (χ0v) is 13.7. The summed E-state index contributed by atoms with van der Waals surface area (Å²) in [5.41, 5.74) is 0.833. The molecule has 1 amide bonds. The van der Waals surface area contributed by atoms with E-state index in [9.17, 15) is 4.79 Å². The van der Waals surface area contributed by atoms with Crippen molar-refractivity contribution < 1.29 is 9.53 Å². The molecule has 0 unspecified atom stereocenters. The van der Waals surface area contributed by atoms with Crippen LogP contribution >= 0.6 is 23.4 Å². The lowest BCUT2D eigenvalue weighted by atomic mass is 10.3. The number of halogens is 1. The van der Waals surface area contributed by atoms with Crippen molar-refractivity contribution in [2.45, 2.75) is 6.42 Å². The predicted molar refractivity (Wildman–Crippen MR) is 94.0 cm³/mol.